The van der Waals surface area contributed by atoms with Gasteiger partial charge in [-0.3, -0.25) is 4.79 Å². The van der Waals surface area contributed by atoms with Crippen LogP contribution in [0.5, 0.6) is 5.75 Å². The fourth-order valence-corrected chi connectivity index (χ4v) is 2.45. The molecular formula is C18H20ClNO3. The van der Waals surface area contributed by atoms with Crippen LogP contribution < -0.4 is 10.1 Å². The van der Waals surface area contributed by atoms with Crippen molar-refractivity contribution in [1.82, 2.24) is 0 Å². The molecule has 2 aromatic rings. The van der Waals surface area contributed by atoms with Crippen LogP contribution in [0.3, 0.4) is 0 Å². The van der Waals surface area contributed by atoms with Gasteiger partial charge < -0.3 is 14.8 Å². The summed E-state index contributed by atoms with van der Waals surface area (Å²) >= 11 is 5.95. The van der Waals surface area contributed by atoms with E-state index in [0.717, 1.165) is 22.6 Å². The highest BCUT2D eigenvalue weighted by Gasteiger charge is 2.18. The van der Waals surface area contributed by atoms with Crippen LogP contribution in [0.15, 0.2) is 42.5 Å². The number of carbonyl (C=O) groups is 1. The summed E-state index contributed by atoms with van der Waals surface area (Å²) in [4.78, 5) is 11.8. The first-order valence-corrected chi connectivity index (χ1v) is 7.64. The summed E-state index contributed by atoms with van der Waals surface area (Å²) in [5, 5.41) is 4.02. The van der Waals surface area contributed by atoms with E-state index in [1.54, 1.807) is 19.2 Å². The molecule has 0 fully saturated rings. The maximum absolute atomic E-state index is 11.8. The van der Waals surface area contributed by atoms with Gasteiger partial charge in [-0.2, -0.15) is 0 Å². The lowest BCUT2D eigenvalue weighted by Crippen LogP contribution is -2.17. The fraction of sp³-hybridized carbons (Fsp3) is 0.278. The molecule has 1 unspecified atom stereocenters. The van der Waals surface area contributed by atoms with Gasteiger partial charge in [-0.25, -0.2) is 0 Å². The predicted octanol–water partition coefficient (Wildman–Crippen LogP) is 4.37. The van der Waals surface area contributed by atoms with Crippen LogP contribution >= 0.6 is 11.6 Å². The smallest absolute Gasteiger partial charge is 0.307 e. The number of ether oxygens (including phenoxy) is 2. The van der Waals surface area contributed by atoms with E-state index in [1.165, 1.54) is 7.11 Å². The van der Waals surface area contributed by atoms with E-state index in [4.69, 9.17) is 21.1 Å². The number of halogens is 1. The van der Waals surface area contributed by atoms with Crippen LogP contribution in [0.2, 0.25) is 5.02 Å². The first-order valence-electron chi connectivity index (χ1n) is 7.27. The molecule has 0 aliphatic rings. The van der Waals surface area contributed by atoms with Crippen molar-refractivity contribution < 1.29 is 14.3 Å². The lowest BCUT2D eigenvalue weighted by molar-refractivity contribution is -0.140. The van der Waals surface area contributed by atoms with Crippen molar-refractivity contribution in [3.8, 4) is 5.75 Å². The highest BCUT2D eigenvalue weighted by atomic mass is 35.5. The molecule has 0 spiro atoms. The van der Waals surface area contributed by atoms with Crippen LogP contribution in [0.1, 0.15) is 23.6 Å². The molecule has 0 aliphatic heterocycles. The molecule has 1 atom stereocenters. The summed E-state index contributed by atoms with van der Waals surface area (Å²) < 4.78 is 10.2. The van der Waals surface area contributed by atoms with Gasteiger partial charge in [-0.15, -0.1) is 0 Å². The minimum absolute atomic E-state index is 0.204. The normalized spacial score (nSPS) is 11.7. The summed E-state index contributed by atoms with van der Waals surface area (Å²) in [5.74, 6) is 0.434. The van der Waals surface area contributed by atoms with E-state index in [2.05, 4.69) is 5.32 Å². The zero-order valence-corrected chi connectivity index (χ0v) is 14.2. The Kier molecular flexibility index (Phi) is 5.88. The molecule has 5 heteroatoms. The van der Waals surface area contributed by atoms with Gasteiger partial charge in [-0.1, -0.05) is 29.8 Å². The molecule has 0 bridgehead atoms. The minimum Gasteiger partial charge on any atom is -0.495 e. The number of anilines is 1. The Bertz CT molecular complexity index is 670. The number of hydrogen-bond donors (Lipinski definition) is 1. The van der Waals surface area contributed by atoms with Crippen molar-refractivity contribution >= 4 is 23.3 Å². The second kappa shape index (κ2) is 7.88. The average Bonchev–Trinajstić information content (AvgIpc) is 2.55. The molecule has 23 heavy (non-hydrogen) atoms. The third kappa shape index (κ3) is 4.63. The average molecular weight is 334 g/mol. The molecule has 0 aromatic heterocycles. The number of hydrogen-bond acceptors (Lipinski definition) is 4. The Balaban J connectivity index is 2.32. The van der Waals surface area contributed by atoms with Crippen LogP contribution in [0, 0.1) is 6.92 Å². The highest BCUT2D eigenvalue weighted by molar-refractivity contribution is 6.30. The summed E-state index contributed by atoms with van der Waals surface area (Å²) in [5.41, 5.74) is 2.88. The van der Waals surface area contributed by atoms with Gasteiger partial charge >= 0.3 is 5.97 Å². The number of rotatable bonds is 6. The van der Waals surface area contributed by atoms with Gasteiger partial charge in [0.1, 0.15) is 5.75 Å². The van der Waals surface area contributed by atoms with E-state index in [-0.39, 0.29) is 18.4 Å². The zero-order chi connectivity index (χ0) is 16.8. The largest absolute Gasteiger partial charge is 0.495 e. The second-order valence-electron chi connectivity index (χ2n) is 5.23. The molecule has 0 amide bonds. The van der Waals surface area contributed by atoms with E-state index in [9.17, 15) is 4.79 Å². The van der Waals surface area contributed by atoms with E-state index < -0.39 is 0 Å². The van der Waals surface area contributed by atoms with Crippen LogP contribution in [0.4, 0.5) is 5.69 Å². The van der Waals surface area contributed by atoms with Gasteiger partial charge in [0.2, 0.25) is 0 Å². The van der Waals surface area contributed by atoms with E-state index in [1.807, 2.05) is 37.3 Å². The topological polar surface area (TPSA) is 47.6 Å². The first kappa shape index (κ1) is 17.2. The number of methoxy groups -OCH3 is 2. The maximum atomic E-state index is 11.8. The van der Waals surface area contributed by atoms with Crippen molar-refractivity contribution in [2.45, 2.75) is 19.4 Å². The van der Waals surface area contributed by atoms with E-state index in [0.29, 0.717) is 5.02 Å². The number of esters is 1. The Morgan fingerprint density at radius 3 is 2.48 bits per heavy atom. The fourth-order valence-electron chi connectivity index (χ4n) is 2.32. The predicted molar refractivity (Wildman–Crippen MR) is 92.2 cm³/mol. The number of benzene rings is 2. The van der Waals surface area contributed by atoms with Gasteiger partial charge in [0, 0.05) is 5.02 Å². The second-order valence-corrected chi connectivity index (χ2v) is 5.67. The maximum Gasteiger partial charge on any atom is 0.307 e. The lowest BCUT2D eigenvalue weighted by Gasteiger charge is -2.21. The third-order valence-corrected chi connectivity index (χ3v) is 3.81. The number of aryl methyl sites for hydroxylation is 1. The summed E-state index contributed by atoms with van der Waals surface area (Å²) in [6.07, 6.45) is 0.204. The number of nitrogens with one attached hydrogen (secondary N) is 1. The Labute approximate surface area is 141 Å². The van der Waals surface area contributed by atoms with Crippen molar-refractivity contribution in [2.75, 3.05) is 19.5 Å². The SMILES string of the molecule is COC(=O)CC(Nc1cc(C)ccc1OC)c1ccc(Cl)cc1. The van der Waals surface area contributed by atoms with Crippen molar-refractivity contribution in [3.05, 3.63) is 58.6 Å². The zero-order valence-electron chi connectivity index (χ0n) is 13.4. The summed E-state index contributed by atoms with van der Waals surface area (Å²) in [7, 11) is 3.00. The number of carbonyl (C=O) groups excluding carboxylic acids is 1. The molecule has 0 saturated heterocycles. The van der Waals surface area contributed by atoms with Crippen molar-refractivity contribution in [2.24, 2.45) is 0 Å². The molecular weight excluding hydrogens is 314 g/mol. The Hall–Kier alpha value is -2.20. The Morgan fingerprint density at radius 2 is 1.87 bits per heavy atom. The molecule has 0 heterocycles. The quantitative estimate of drug-likeness (QED) is 0.797. The van der Waals surface area contributed by atoms with Crippen LogP contribution in [0.25, 0.3) is 0 Å². The van der Waals surface area contributed by atoms with Crippen molar-refractivity contribution in [3.63, 3.8) is 0 Å². The summed E-state index contributed by atoms with van der Waals surface area (Å²) in [6, 6.07) is 13.0. The van der Waals surface area contributed by atoms with Gasteiger partial charge in [0.15, 0.2) is 0 Å². The lowest BCUT2D eigenvalue weighted by atomic mass is 10.0. The highest BCUT2D eigenvalue weighted by Crippen LogP contribution is 2.31. The standard InChI is InChI=1S/C18H20ClNO3/c1-12-4-9-17(22-2)16(10-12)20-15(11-18(21)23-3)13-5-7-14(19)8-6-13/h4-10,15,20H,11H2,1-3H3. The van der Waals surface area contributed by atoms with Gasteiger partial charge in [0.25, 0.3) is 0 Å². The molecule has 2 rings (SSSR count). The molecule has 0 saturated carbocycles. The van der Waals surface area contributed by atoms with Crippen molar-refractivity contribution in [1.29, 1.82) is 0 Å². The Morgan fingerprint density at radius 1 is 1.17 bits per heavy atom. The molecule has 122 valence electrons. The monoisotopic (exact) mass is 333 g/mol. The van der Waals surface area contributed by atoms with Crippen LogP contribution in [-0.4, -0.2) is 20.2 Å². The summed E-state index contributed by atoms with van der Waals surface area (Å²) in [6.45, 7) is 2.00. The van der Waals surface area contributed by atoms with Crippen LogP contribution in [-0.2, 0) is 9.53 Å². The van der Waals surface area contributed by atoms with Gasteiger partial charge in [0.05, 0.1) is 32.4 Å². The third-order valence-electron chi connectivity index (χ3n) is 3.56. The minimum atomic E-state index is -0.288. The molecule has 2 aromatic carbocycles. The molecule has 0 radical (unpaired) electrons. The van der Waals surface area contributed by atoms with Gasteiger partial charge in [-0.05, 0) is 42.3 Å². The van der Waals surface area contributed by atoms with E-state index >= 15 is 0 Å². The first-order chi connectivity index (χ1) is 11.0. The molecule has 1 N–H and O–H groups in total. The molecule has 0 aliphatic carbocycles. The molecule has 4 nitrogen and oxygen atoms in total.